The first-order valence-corrected chi connectivity index (χ1v) is 11.1. The van der Waals surface area contributed by atoms with E-state index in [1.165, 1.54) is 21.2 Å². The van der Waals surface area contributed by atoms with Crippen molar-refractivity contribution in [2.75, 3.05) is 13.2 Å². The fourth-order valence-corrected chi connectivity index (χ4v) is 7.35. The van der Waals surface area contributed by atoms with Crippen LogP contribution in [0.1, 0.15) is 50.3 Å². The molecule has 2 aliphatic carbocycles. The first kappa shape index (κ1) is 17.8. The minimum Gasteiger partial charge on any atom is -0.489 e. The third-order valence-corrected chi connectivity index (χ3v) is 8.65. The van der Waals surface area contributed by atoms with E-state index < -0.39 is 0 Å². The van der Waals surface area contributed by atoms with Gasteiger partial charge in [-0.15, -0.1) is 0 Å². The number of piperidine rings is 1. The van der Waals surface area contributed by atoms with Crippen molar-refractivity contribution in [1.82, 2.24) is 4.90 Å². The van der Waals surface area contributed by atoms with Crippen molar-refractivity contribution in [1.29, 1.82) is 0 Å². The van der Waals surface area contributed by atoms with Crippen LogP contribution in [0.4, 0.5) is 4.79 Å². The molecule has 1 saturated carbocycles. The molecule has 1 spiro atoms. The maximum atomic E-state index is 12.7. The number of ether oxygens (including phenoxy) is 2. The Morgan fingerprint density at radius 1 is 1.44 bits per heavy atom. The molecule has 2 heterocycles. The third-order valence-electron chi connectivity index (χ3n) is 7.95. The average molecular weight is 434 g/mol. The summed E-state index contributed by atoms with van der Waals surface area (Å²) >= 11 is 3.83. The number of nitrogens with zero attached hydrogens (tertiary/aromatic N) is 1. The topological polar surface area (TPSA) is 38.8 Å². The molecule has 1 unspecified atom stereocenters. The van der Waals surface area contributed by atoms with E-state index >= 15 is 0 Å². The van der Waals surface area contributed by atoms with E-state index in [1.807, 2.05) is 11.8 Å². The number of rotatable bonds is 1. The fourth-order valence-electron chi connectivity index (χ4n) is 6.65. The Balaban J connectivity index is 1.71. The van der Waals surface area contributed by atoms with Crippen molar-refractivity contribution in [2.24, 2.45) is 17.8 Å². The number of halogens is 1. The molecule has 2 fully saturated rings. The SMILES string of the molecule is CCOC(=O)N1CC[C@]23c4c5c(Br)cc(C)c4O[C@H]2C(C)[C@H](C)C[C@H]3[C@H]1C5. The molecule has 2 bridgehead atoms. The van der Waals surface area contributed by atoms with Crippen LogP contribution in [0, 0.1) is 24.7 Å². The highest BCUT2D eigenvalue weighted by Gasteiger charge is 2.66. The summed E-state index contributed by atoms with van der Waals surface area (Å²) in [5.41, 5.74) is 4.10. The summed E-state index contributed by atoms with van der Waals surface area (Å²) in [6.45, 7) is 9.96. The number of likely N-dealkylation sites (tertiary alicyclic amines) is 1. The molecule has 4 aliphatic rings. The number of hydrogen-bond acceptors (Lipinski definition) is 3. The van der Waals surface area contributed by atoms with Gasteiger partial charge in [0.1, 0.15) is 11.9 Å². The zero-order valence-corrected chi connectivity index (χ0v) is 18.1. The molecule has 0 radical (unpaired) electrons. The average Bonchev–Trinajstić information content (AvgIpc) is 2.95. The van der Waals surface area contributed by atoms with Crippen LogP contribution < -0.4 is 4.74 Å². The highest BCUT2D eigenvalue weighted by atomic mass is 79.9. The van der Waals surface area contributed by atoms with Gasteiger partial charge in [-0.1, -0.05) is 29.8 Å². The van der Waals surface area contributed by atoms with Crippen LogP contribution in [-0.4, -0.2) is 36.3 Å². The Morgan fingerprint density at radius 3 is 2.96 bits per heavy atom. The van der Waals surface area contributed by atoms with E-state index in [4.69, 9.17) is 9.47 Å². The Morgan fingerprint density at radius 2 is 2.22 bits per heavy atom. The van der Waals surface area contributed by atoms with E-state index in [0.717, 1.165) is 31.6 Å². The Hall–Kier alpha value is -1.23. The largest absolute Gasteiger partial charge is 0.489 e. The van der Waals surface area contributed by atoms with Gasteiger partial charge < -0.3 is 14.4 Å². The standard InChI is InChI=1S/C22H28BrNO3/c1-5-26-21(25)24-7-6-22-15-8-11(2)13(4)20(22)27-19-12(3)9-16(23)14(18(19)22)10-17(15)24/h9,11,13,15,17,20H,5-8,10H2,1-4H3/t11-,13?,15+,17-,20+,22+/m1/s1. The number of hydrogen-bond donors (Lipinski definition) is 0. The van der Waals surface area contributed by atoms with Gasteiger partial charge in [0.2, 0.25) is 0 Å². The van der Waals surface area contributed by atoms with E-state index in [1.54, 1.807) is 0 Å². The van der Waals surface area contributed by atoms with Crippen molar-refractivity contribution in [3.63, 3.8) is 0 Å². The number of benzene rings is 1. The van der Waals surface area contributed by atoms with E-state index in [9.17, 15) is 4.79 Å². The number of carbonyl (C=O) groups excluding carboxylic acids is 1. The maximum absolute atomic E-state index is 12.7. The summed E-state index contributed by atoms with van der Waals surface area (Å²) in [6, 6.07) is 2.40. The molecule has 146 valence electrons. The molecular weight excluding hydrogens is 406 g/mol. The summed E-state index contributed by atoms with van der Waals surface area (Å²) in [6.07, 6.45) is 3.11. The first-order chi connectivity index (χ1) is 12.9. The lowest BCUT2D eigenvalue weighted by Gasteiger charge is -2.60. The molecule has 2 aliphatic heterocycles. The molecular formula is C22H28BrNO3. The smallest absolute Gasteiger partial charge is 0.410 e. The minimum atomic E-state index is -0.147. The molecule has 5 heteroatoms. The second-order valence-corrected chi connectivity index (χ2v) is 9.88. The normalized spacial score (nSPS) is 38.3. The highest BCUT2D eigenvalue weighted by molar-refractivity contribution is 9.10. The summed E-state index contributed by atoms with van der Waals surface area (Å²) in [7, 11) is 0. The van der Waals surface area contributed by atoms with Gasteiger partial charge in [-0.2, -0.15) is 0 Å². The Labute approximate surface area is 169 Å². The number of aryl methyl sites for hydroxylation is 1. The quantitative estimate of drug-likeness (QED) is 0.635. The van der Waals surface area contributed by atoms with Gasteiger partial charge in [-0.25, -0.2) is 4.79 Å². The molecule has 1 aromatic rings. The molecule has 1 saturated heterocycles. The maximum Gasteiger partial charge on any atom is 0.410 e. The van der Waals surface area contributed by atoms with Crippen molar-refractivity contribution in [3.8, 4) is 5.75 Å². The third kappa shape index (κ3) is 2.12. The summed E-state index contributed by atoms with van der Waals surface area (Å²) in [5, 5.41) is 0. The summed E-state index contributed by atoms with van der Waals surface area (Å²) < 4.78 is 13.3. The predicted molar refractivity (Wildman–Crippen MR) is 107 cm³/mol. The molecule has 1 aromatic carbocycles. The van der Waals surface area contributed by atoms with Gasteiger partial charge in [0, 0.05) is 28.0 Å². The number of carbonyl (C=O) groups is 1. The van der Waals surface area contributed by atoms with Crippen LogP contribution >= 0.6 is 15.9 Å². The molecule has 1 amide bonds. The van der Waals surface area contributed by atoms with Gasteiger partial charge in [0.05, 0.1) is 6.61 Å². The molecule has 27 heavy (non-hydrogen) atoms. The molecule has 0 aromatic heterocycles. The lowest BCUT2D eigenvalue weighted by molar-refractivity contribution is -0.0856. The Kier molecular flexibility index (Phi) is 3.89. The monoisotopic (exact) mass is 433 g/mol. The van der Waals surface area contributed by atoms with E-state index in [2.05, 4.69) is 42.8 Å². The lowest BCUT2D eigenvalue weighted by Crippen LogP contribution is -2.67. The van der Waals surface area contributed by atoms with E-state index in [0.29, 0.717) is 24.4 Å². The second kappa shape index (κ2) is 5.88. The first-order valence-electron chi connectivity index (χ1n) is 10.3. The lowest BCUT2D eigenvalue weighted by atomic mass is 9.48. The van der Waals surface area contributed by atoms with E-state index in [-0.39, 0.29) is 23.7 Å². The summed E-state index contributed by atoms with van der Waals surface area (Å²) in [5.74, 6) is 2.70. The molecule has 5 rings (SSSR count). The molecule has 6 atom stereocenters. The number of amides is 1. The Bertz CT molecular complexity index is 824. The van der Waals surface area contributed by atoms with Gasteiger partial charge in [-0.3, -0.25) is 0 Å². The van der Waals surface area contributed by atoms with Crippen LogP contribution in [0.3, 0.4) is 0 Å². The second-order valence-electron chi connectivity index (χ2n) is 9.03. The van der Waals surface area contributed by atoms with Crippen LogP contribution in [0.5, 0.6) is 5.75 Å². The van der Waals surface area contributed by atoms with Gasteiger partial charge in [0.15, 0.2) is 0 Å². The van der Waals surface area contributed by atoms with Gasteiger partial charge in [-0.05, 0) is 68.1 Å². The van der Waals surface area contributed by atoms with Crippen LogP contribution in [0.2, 0.25) is 0 Å². The minimum absolute atomic E-state index is 0.0526. The molecule has 4 nitrogen and oxygen atoms in total. The zero-order chi connectivity index (χ0) is 19.1. The van der Waals surface area contributed by atoms with Crippen LogP contribution in [0.15, 0.2) is 10.5 Å². The van der Waals surface area contributed by atoms with Crippen molar-refractivity contribution in [3.05, 3.63) is 27.2 Å². The van der Waals surface area contributed by atoms with Crippen molar-refractivity contribution >= 4 is 22.0 Å². The predicted octanol–water partition coefficient (Wildman–Crippen LogP) is 4.84. The van der Waals surface area contributed by atoms with Crippen molar-refractivity contribution in [2.45, 2.75) is 64.5 Å². The highest BCUT2D eigenvalue weighted by Crippen LogP contribution is 2.65. The van der Waals surface area contributed by atoms with Gasteiger partial charge in [0.25, 0.3) is 0 Å². The summed E-state index contributed by atoms with van der Waals surface area (Å²) in [4.78, 5) is 14.7. The van der Waals surface area contributed by atoms with Gasteiger partial charge >= 0.3 is 6.09 Å². The van der Waals surface area contributed by atoms with Crippen LogP contribution in [0.25, 0.3) is 0 Å². The fraction of sp³-hybridized carbons (Fsp3) is 0.682. The zero-order valence-electron chi connectivity index (χ0n) is 16.5. The molecule has 0 N–H and O–H groups in total. The van der Waals surface area contributed by atoms with Crippen molar-refractivity contribution < 1.29 is 14.3 Å². The van der Waals surface area contributed by atoms with Crippen LogP contribution in [-0.2, 0) is 16.6 Å².